The molecule has 1 atom stereocenters. The molecule has 1 fully saturated rings. The first-order valence-electron chi connectivity index (χ1n) is 11.0. The van der Waals surface area contributed by atoms with E-state index in [1.807, 2.05) is 38.1 Å². The third-order valence-electron chi connectivity index (χ3n) is 5.40. The summed E-state index contributed by atoms with van der Waals surface area (Å²) in [6.07, 6.45) is 7.81. The Balaban J connectivity index is 1.76. The van der Waals surface area contributed by atoms with E-state index in [1.54, 1.807) is 0 Å². The molecule has 0 saturated carbocycles. The Bertz CT molecular complexity index is 570. The molecule has 0 aliphatic carbocycles. The minimum absolute atomic E-state index is 0.0852. The minimum Gasteiger partial charge on any atom is -0.494 e. The smallest absolute Gasteiger partial charge is 0.256 e. The molecular weight excluding hydrogens is 352 g/mol. The third-order valence-corrected chi connectivity index (χ3v) is 5.40. The Morgan fingerprint density at radius 3 is 2.46 bits per heavy atom. The molecule has 1 aromatic carbocycles. The molecule has 28 heavy (non-hydrogen) atoms. The van der Waals surface area contributed by atoms with Crippen LogP contribution in [0.15, 0.2) is 24.3 Å². The maximum atomic E-state index is 12.7. The van der Waals surface area contributed by atoms with Crippen molar-refractivity contribution in [1.29, 1.82) is 0 Å². The van der Waals surface area contributed by atoms with Gasteiger partial charge >= 0.3 is 0 Å². The number of nitrogens with zero attached hydrogens (tertiary/aromatic N) is 1. The summed E-state index contributed by atoms with van der Waals surface area (Å²) in [5.74, 6) is 0.758. The quantitative estimate of drug-likeness (QED) is 0.518. The first kappa shape index (κ1) is 22.7. The molecule has 158 valence electrons. The zero-order chi connectivity index (χ0) is 20.2. The lowest BCUT2D eigenvalue weighted by Crippen LogP contribution is -2.42. The number of hydrogen-bond donors (Lipinski definition) is 1. The van der Waals surface area contributed by atoms with Crippen LogP contribution in [0.5, 0.6) is 5.75 Å². The lowest BCUT2D eigenvalue weighted by Gasteiger charge is -2.28. The van der Waals surface area contributed by atoms with Crippen LogP contribution in [0.2, 0.25) is 0 Å². The first-order valence-corrected chi connectivity index (χ1v) is 11.0. The van der Waals surface area contributed by atoms with Crippen LogP contribution in [0.1, 0.15) is 65.7 Å². The van der Waals surface area contributed by atoms with Gasteiger partial charge in [0.05, 0.1) is 6.61 Å². The number of nitrogens with one attached hydrogen (secondary N) is 1. The second kappa shape index (κ2) is 12.1. The summed E-state index contributed by atoms with van der Waals surface area (Å²) >= 11 is 0. The fraction of sp³-hybridized carbons (Fsp3) is 0.696. The molecule has 0 bridgehead atoms. The zero-order valence-corrected chi connectivity index (χ0v) is 18.0. The van der Waals surface area contributed by atoms with E-state index in [1.165, 1.54) is 32.4 Å². The highest BCUT2D eigenvalue weighted by Gasteiger charge is 2.33. The van der Waals surface area contributed by atoms with Crippen molar-refractivity contribution in [1.82, 2.24) is 4.90 Å². The second-order valence-electron chi connectivity index (χ2n) is 7.85. The van der Waals surface area contributed by atoms with Gasteiger partial charge in [0.1, 0.15) is 11.4 Å². The number of amides is 1. The molecule has 0 unspecified atom stereocenters. The van der Waals surface area contributed by atoms with Gasteiger partial charge in [0.25, 0.3) is 5.91 Å². The number of anilines is 1. The molecule has 0 radical (unpaired) electrons. The van der Waals surface area contributed by atoms with E-state index in [-0.39, 0.29) is 5.91 Å². The van der Waals surface area contributed by atoms with Gasteiger partial charge < -0.3 is 19.7 Å². The highest BCUT2D eigenvalue weighted by Crippen LogP contribution is 2.23. The number of hydrogen-bond acceptors (Lipinski definition) is 4. The van der Waals surface area contributed by atoms with E-state index in [9.17, 15) is 4.79 Å². The molecule has 0 spiro atoms. The largest absolute Gasteiger partial charge is 0.494 e. The second-order valence-corrected chi connectivity index (χ2v) is 7.85. The normalized spacial score (nSPS) is 17.1. The maximum Gasteiger partial charge on any atom is 0.256 e. The van der Waals surface area contributed by atoms with Crippen LogP contribution < -0.4 is 10.1 Å². The molecule has 2 rings (SSSR count). The van der Waals surface area contributed by atoms with E-state index < -0.39 is 5.60 Å². The summed E-state index contributed by atoms with van der Waals surface area (Å²) in [5, 5.41) is 2.99. The molecule has 1 aliphatic rings. The van der Waals surface area contributed by atoms with Crippen LogP contribution in [0.4, 0.5) is 5.69 Å². The van der Waals surface area contributed by atoms with Crippen molar-refractivity contribution in [3.8, 4) is 5.75 Å². The molecular formula is C23H38N2O3. The SMILES string of the molecule is CCCC[C@](C)(OCC)C(=O)Nc1ccc(OCCCN2CCCCC2)cc1. The molecule has 1 aliphatic heterocycles. The first-order chi connectivity index (χ1) is 13.6. The highest BCUT2D eigenvalue weighted by atomic mass is 16.5. The fourth-order valence-corrected chi connectivity index (χ4v) is 3.64. The van der Waals surface area contributed by atoms with E-state index in [0.29, 0.717) is 6.61 Å². The lowest BCUT2D eigenvalue weighted by atomic mass is 9.97. The van der Waals surface area contributed by atoms with Crippen LogP contribution in [-0.2, 0) is 9.53 Å². The molecule has 1 saturated heterocycles. The Morgan fingerprint density at radius 1 is 1.11 bits per heavy atom. The molecule has 5 heteroatoms. The van der Waals surface area contributed by atoms with E-state index >= 15 is 0 Å². The number of carbonyl (C=O) groups is 1. The van der Waals surface area contributed by atoms with Gasteiger partial charge in [-0.1, -0.05) is 26.2 Å². The minimum atomic E-state index is -0.783. The molecule has 1 heterocycles. The van der Waals surface area contributed by atoms with Crippen molar-refractivity contribution >= 4 is 11.6 Å². The van der Waals surface area contributed by atoms with Gasteiger partial charge in [0.15, 0.2) is 0 Å². The van der Waals surface area contributed by atoms with Crippen molar-refractivity contribution in [2.45, 2.75) is 71.3 Å². The predicted molar refractivity (Wildman–Crippen MR) is 115 cm³/mol. The summed E-state index contributed by atoms with van der Waals surface area (Å²) in [6.45, 7) is 10.7. The van der Waals surface area contributed by atoms with E-state index in [4.69, 9.17) is 9.47 Å². The van der Waals surface area contributed by atoms with Crippen molar-refractivity contribution in [3.63, 3.8) is 0 Å². The Morgan fingerprint density at radius 2 is 1.82 bits per heavy atom. The number of ether oxygens (including phenoxy) is 2. The van der Waals surface area contributed by atoms with Crippen LogP contribution in [0.25, 0.3) is 0 Å². The summed E-state index contributed by atoms with van der Waals surface area (Å²) in [5.41, 5.74) is -0.0120. The summed E-state index contributed by atoms with van der Waals surface area (Å²) in [6, 6.07) is 7.62. The van der Waals surface area contributed by atoms with Crippen LogP contribution in [0, 0.1) is 0 Å². The van der Waals surface area contributed by atoms with Gasteiger partial charge in [-0.05, 0) is 76.9 Å². The van der Waals surface area contributed by atoms with Crippen molar-refractivity contribution in [2.75, 3.05) is 38.2 Å². The zero-order valence-electron chi connectivity index (χ0n) is 18.0. The fourth-order valence-electron chi connectivity index (χ4n) is 3.64. The number of likely N-dealkylation sites (tertiary alicyclic amines) is 1. The molecule has 0 aromatic heterocycles. The van der Waals surface area contributed by atoms with Gasteiger partial charge in [0, 0.05) is 18.8 Å². The lowest BCUT2D eigenvalue weighted by molar-refractivity contribution is -0.139. The Labute approximate surface area is 170 Å². The van der Waals surface area contributed by atoms with Crippen LogP contribution in [-0.4, -0.2) is 49.3 Å². The molecule has 1 amide bonds. The maximum absolute atomic E-state index is 12.7. The summed E-state index contributed by atoms with van der Waals surface area (Å²) in [4.78, 5) is 15.2. The monoisotopic (exact) mass is 390 g/mol. The average molecular weight is 391 g/mol. The van der Waals surface area contributed by atoms with Gasteiger partial charge in [0.2, 0.25) is 0 Å². The third kappa shape index (κ3) is 7.44. The van der Waals surface area contributed by atoms with Gasteiger partial charge in [-0.25, -0.2) is 0 Å². The average Bonchev–Trinajstić information content (AvgIpc) is 2.72. The van der Waals surface area contributed by atoms with Crippen LogP contribution >= 0.6 is 0 Å². The van der Waals surface area contributed by atoms with Crippen LogP contribution in [0.3, 0.4) is 0 Å². The van der Waals surface area contributed by atoms with Crippen molar-refractivity contribution < 1.29 is 14.3 Å². The Kier molecular flexibility index (Phi) is 9.79. The number of benzene rings is 1. The summed E-state index contributed by atoms with van der Waals surface area (Å²) in [7, 11) is 0. The summed E-state index contributed by atoms with van der Waals surface area (Å²) < 4.78 is 11.6. The molecule has 5 nitrogen and oxygen atoms in total. The topological polar surface area (TPSA) is 50.8 Å². The van der Waals surface area contributed by atoms with Crippen molar-refractivity contribution in [3.05, 3.63) is 24.3 Å². The van der Waals surface area contributed by atoms with Gasteiger partial charge in [-0.3, -0.25) is 4.79 Å². The number of carbonyl (C=O) groups excluding carboxylic acids is 1. The van der Waals surface area contributed by atoms with Gasteiger partial charge in [-0.2, -0.15) is 0 Å². The highest BCUT2D eigenvalue weighted by molar-refractivity contribution is 5.97. The Hall–Kier alpha value is -1.59. The number of piperidine rings is 1. The predicted octanol–water partition coefficient (Wildman–Crippen LogP) is 4.87. The molecule has 1 aromatic rings. The standard InChI is InChI=1S/C23H38N2O3/c1-4-6-15-23(3,28-5-2)22(26)24-20-11-13-21(14-12-20)27-19-10-18-25-16-8-7-9-17-25/h11-14H,4-10,15-19H2,1-3H3,(H,24,26)/t23-/m0/s1. The molecule has 1 N–H and O–H groups in total. The van der Waals surface area contributed by atoms with Crippen molar-refractivity contribution in [2.24, 2.45) is 0 Å². The van der Waals surface area contributed by atoms with Gasteiger partial charge in [-0.15, -0.1) is 0 Å². The van der Waals surface area contributed by atoms with E-state index in [0.717, 1.165) is 50.3 Å². The van der Waals surface area contributed by atoms with E-state index in [2.05, 4.69) is 17.1 Å². The number of unbranched alkanes of at least 4 members (excludes halogenated alkanes) is 1. The number of rotatable bonds is 12.